The predicted octanol–water partition coefficient (Wildman–Crippen LogP) is 2.33. The first-order valence-corrected chi connectivity index (χ1v) is 8.40. The van der Waals surface area contributed by atoms with E-state index in [4.69, 9.17) is 16.2 Å². The molecule has 0 radical (unpaired) electrons. The fraction of sp³-hybridized carbons (Fsp3) is 0.444. The van der Waals surface area contributed by atoms with Crippen LogP contribution in [-0.2, 0) is 4.74 Å². The van der Waals surface area contributed by atoms with Gasteiger partial charge in [0.25, 0.3) is 0 Å². The summed E-state index contributed by atoms with van der Waals surface area (Å²) < 4.78 is 5.45. The molecular weight excluding hydrogens is 316 g/mol. The summed E-state index contributed by atoms with van der Waals surface area (Å²) in [6, 6.07) is -0.447. The molecule has 140 valence electrons. The number of hydrogen-bond acceptors (Lipinski definition) is 7. The Hall–Kier alpha value is -2.38. The Morgan fingerprint density at radius 2 is 2.24 bits per heavy atom. The number of methoxy groups -OCH3 is 1. The minimum Gasteiger partial charge on any atom is -0.497 e. The lowest BCUT2D eigenvalue weighted by atomic mass is 9.99. The van der Waals surface area contributed by atoms with Crippen molar-refractivity contribution >= 4 is 11.8 Å². The average molecular weight is 348 g/mol. The lowest BCUT2D eigenvalue weighted by molar-refractivity contribution is 0.295. The molecule has 1 heterocycles. The molecule has 0 bridgehead atoms. The normalized spacial score (nSPS) is 15.4. The van der Waals surface area contributed by atoms with Gasteiger partial charge in [-0.2, -0.15) is 4.98 Å². The number of nitrogens with two attached hydrogens (primary N) is 2. The second-order valence-electron chi connectivity index (χ2n) is 6.15. The molecule has 1 aromatic rings. The fourth-order valence-electron chi connectivity index (χ4n) is 2.58. The third-order valence-electron chi connectivity index (χ3n) is 3.94. The van der Waals surface area contributed by atoms with Crippen molar-refractivity contribution in [1.82, 2.24) is 14.9 Å². The van der Waals surface area contributed by atoms with Crippen molar-refractivity contribution in [2.45, 2.75) is 18.9 Å². The number of nitrogens with one attached hydrogen (secondary N) is 1. The van der Waals surface area contributed by atoms with Crippen molar-refractivity contribution in [2.24, 2.45) is 5.73 Å². The van der Waals surface area contributed by atoms with Crippen molar-refractivity contribution in [3.63, 3.8) is 0 Å². The van der Waals surface area contributed by atoms with E-state index in [0.717, 1.165) is 37.3 Å². The second kappa shape index (κ2) is 9.19. The quantitative estimate of drug-likeness (QED) is 0.620. The molecule has 0 aromatic carbocycles. The average Bonchev–Trinajstić information content (AvgIpc) is 2.83. The van der Waals surface area contributed by atoms with Gasteiger partial charge in [0.1, 0.15) is 11.6 Å². The molecular formula is C18H32N6O. The summed E-state index contributed by atoms with van der Waals surface area (Å²) in [4.78, 5) is 10.8. The number of nitrogen functional groups attached to an aromatic ring is 1. The molecule has 7 nitrogen and oxygen atoms in total. The van der Waals surface area contributed by atoms with Crippen LogP contribution in [0, 0.1) is 0 Å². The van der Waals surface area contributed by atoms with Gasteiger partial charge in [0.15, 0.2) is 0 Å². The monoisotopic (exact) mass is 348 g/mol. The molecule has 0 fully saturated rings. The Morgan fingerprint density at radius 1 is 1.44 bits per heavy atom. The molecule has 25 heavy (non-hydrogen) atoms. The summed E-state index contributed by atoms with van der Waals surface area (Å²) in [5, 5.41) is 3.18. The van der Waals surface area contributed by atoms with E-state index in [-0.39, 0.29) is 2.85 Å². The summed E-state index contributed by atoms with van der Waals surface area (Å²) in [5.74, 6) is 1.65. The highest BCUT2D eigenvalue weighted by molar-refractivity contribution is 5.50. The largest absolute Gasteiger partial charge is 0.497 e. The molecule has 0 spiro atoms. The summed E-state index contributed by atoms with van der Waals surface area (Å²) in [6.07, 6.45) is 11.4. The van der Waals surface area contributed by atoms with Gasteiger partial charge in [-0.3, -0.25) is 0 Å². The van der Waals surface area contributed by atoms with Crippen LogP contribution in [0.3, 0.4) is 0 Å². The first kappa shape index (κ1) is 19.0. The van der Waals surface area contributed by atoms with E-state index < -0.39 is 6.04 Å². The lowest BCUT2D eigenvalue weighted by Gasteiger charge is -2.19. The van der Waals surface area contributed by atoms with E-state index in [1.54, 1.807) is 13.3 Å². The number of allylic oxidation sites excluding steroid dienone is 4. The summed E-state index contributed by atoms with van der Waals surface area (Å²) in [6.45, 7) is 1.79. The zero-order valence-corrected chi connectivity index (χ0v) is 15.2. The van der Waals surface area contributed by atoms with Gasteiger partial charge in [-0.25, -0.2) is 4.98 Å². The third kappa shape index (κ3) is 5.30. The molecule has 0 saturated heterocycles. The van der Waals surface area contributed by atoms with Crippen LogP contribution < -0.4 is 16.8 Å². The van der Waals surface area contributed by atoms with Crippen molar-refractivity contribution < 1.29 is 7.59 Å². The maximum atomic E-state index is 6.40. The predicted molar refractivity (Wildman–Crippen MR) is 106 cm³/mol. The van der Waals surface area contributed by atoms with Crippen molar-refractivity contribution in [2.75, 3.05) is 45.3 Å². The second-order valence-corrected chi connectivity index (χ2v) is 6.15. The van der Waals surface area contributed by atoms with Gasteiger partial charge in [0.2, 0.25) is 5.95 Å². The highest BCUT2D eigenvalue weighted by Crippen LogP contribution is 2.30. The van der Waals surface area contributed by atoms with Crippen LogP contribution in [0.1, 0.15) is 27.3 Å². The Labute approximate surface area is 152 Å². The van der Waals surface area contributed by atoms with Crippen molar-refractivity contribution in [3.05, 3.63) is 47.4 Å². The van der Waals surface area contributed by atoms with Crippen LogP contribution in [0.15, 0.2) is 41.8 Å². The zero-order chi connectivity index (χ0) is 18.2. The van der Waals surface area contributed by atoms with Crippen LogP contribution in [0.25, 0.3) is 0 Å². The minimum absolute atomic E-state index is 0. The van der Waals surface area contributed by atoms with Crippen molar-refractivity contribution in [1.29, 1.82) is 0 Å². The Kier molecular flexibility index (Phi) is 6.97. The van der Waals surface area contributed by atoms with Crippen LogP contribution >= 0.6 is 0 Å². The molecule has 0 aliphatic heterocycles. The van der Waals surface area contributed by atoms with E-state index in [2.05, 4.69) is 20.2 Å². The van der Waals surface area contributed by atoms with Gasteiger partial charge in [-0.05, 0) is 39.6 Å². The topological polar surface area (TPSA) is 102 Å². The number of hydrogen-bond donors (Lipinski definition) is 3. The molecule has 2 rings (SSSR count). The van der Waals surface area contributed by atoms with E-state index in [9.17, 15) is 0 Å². The van der Waals surface area contributed by atoms with Gasteiger partial charge in [0, 0.05) is 26.7 Å². The number of nitrogens with zero attached hydrogens (tertiary/aromatic N) is 3. The Balaban J connectivity index is 0.00000338. The van der Waals surface area contributed by atoms with Gasteiger partial charge in [0.05, 0.1) is 13.2 Å². The minimum atomic E-state index is -0.447. The van der Waals surface area contributed by atoms with Gasteiger partial charge in [-0.15, -0.1) is 0 Å². The number of ether oxygens (including phenoxy) is 1. The lowest BCUT2D eigenvalue weighted by Crippen LogP contribution is -2.20. The molecule has 1 aliphatic rings. The maximum absolute atomic E-state index is 6.40. The number of anilines is 2. The molecule has 1 aromatic heterocycles. The molecule has 0 saturated carbocycles. The number of rotatable bonds is 8. The molecule has 1 atom stereocenters. The molecule has 7 heteroatoms. The molecule has 1 unspecified atom stereocenters. The van der Waals surface area contributed by atoms with Crippen LogP contribution in [0.2, 0.25) is 0 Å². The Morgan fingerprint density at radius 3 is 2.92 bits per heavy atom. The first-order valence-electron chi connectivity index (χ1n) is 8.40. The summed E-state index contributed by atoms with van der Waals surface area (Å²) >= 11 is 0. The first-order chi connectivity index (χ1) is 12.0. The van der Waals surface area contributed by atoms with E-state index in [1.165, 1.54) is 0 Å². The maximum Gasteiger partial charge on any atom is 0.224 e. The Bertz CT molecular complexity index is 676. The standard InChI is InChI=1S/C18H28N6O.2H2/c1-24(2)11-7-10-21-18-22-12-14(17(20)23-18)16(19)13-8-5-4-6-9-15(13)25-3;;/h4-5,8-9,12,16H,6-7,10-11,19H2,1-3H3,(H3,20,21,22,23);2*1H. The summed E-state index contributed by atoms with van der Waals surface area (Å²) in [7, 11) is 5.73. The van der Waals surface area contributed by atoms with Crippen LogP contribution in [0.5, 0.6) is 0 Å². The van der Waals surface area contributed by atoms with Crippen LogP contribution in [0.4, 0.5) is 11.8 Å². The van der Waals surface area contributed by atoms with E-state index in [1.807, 2.05) is 38.4 Å². The molecule has 1 aliphatic carbocycles. The van der Waals surface area contributed by atoms with Gasteiger partial charge < -0.3 is 26.4 Å². The highest BCUT2D eigenvalue weighted by atomic mass is 16.5. The fourth-order valence-corrected chi connectivity index (χ4v) is 2.58. The molecule has 5 N–H and O–H groups in total. The van der Waals surface area contributed by atoms with E-state index >= 15 is 0 Å². The van der Waals surface area contributed by atoms with Gasteiger partial charge in [-0.1, -0.05) is 18.2 Å². The van der Waals surface area contributed by atoms with Crippen molar-refractivity contribution in [3.8, 4) is 0 Å². The summed E-state index contributed by atoms with van der Waals surface area (Å²) in [5.41, 5.74) is 14.1. The third-order valence-corrected chi connectivity index (χ3v) is 3.94. The SMILES string of the molecule is COC1=CCC=CC=C1C(N)c1cnc(NCCCN(C)C)nc1N.[HH].[HH]. The van der Waals surface area contributed by atoms with Crippen LogP contribution in [-0.4, -0.2) is 49.2 Å². The van der Waals surface area contributed by atoms with E-state index in [0.29, 0.717) is 17.3 Å². The molecule has 0 amide bonds. The van der Waals surface area contributed by atoms with Gasteiger partial charge >= 0.3 is 0 Å². The highest BCUT2D eigenvalue weighted by Gasteiger charge is 2.20. The zero-order valence-electron chi connectivity index (χ0n) is 15.2. The smallest absolute Gasteiger partial charge is 0.224 e. The number of aromatic nitrogens is 2.